The molecule has 162 valence electrons. The van der Waals surface area contributed by atoms with Crippen LogP contribution >= 0.6 is 24.0 Å². The maximum Gasteiger partial charge on any atom is 0.227 e. The van der Waals surface area contributed by atoms with E-state index < -0.39 is 0 Å². The van der Waals surface area contributed by atoms with Crippen molar-refractivity contribution < 1.29 is 9.18 Å². The highest BCUT2D eigenvalue weighted by Crippen LogP contribution is 2.27. The van der Waals surface area contributed by atoms with Crippen molar-refractivity contribution in [2.45, 2.75) is 46.2 Å². The third-order valence-electron chi connectivity index (χ3n) is 5.12. The van der Waals surface area contributed by atoms with Gasteiger partial charge in [-0.25, -0.2) is 9.38 Å². The van der Waals surface area contributed by atoms with Gasteiger partial charge in [-0.05, 0) is 61.6 Å². The van der Waals surface area contributed by atoms with Crippen molar-refractivity contribution in [2.75, 3.05) is 11.9 Å². The van der Waals surface area contributed by atoms with Gasteiger partial charge in [0.1, 0.15) is 5.82 Å². The molecule has 2 aromatic carbocycles. The maximum absolute atomic E-state index is 13.4. The molecule has 30 heavy (non-hydrogen) atoms. The number of carbonyl (C=O) groups excluding carboxylic acids is 1. The minimum absolute atomic E-state index is 0. The van der Waals surface area contributed by atoms with E-state index in [0.717, 1.165) is 42.6 Å². The molecular formula is C23H30FIN4O. The molecule has 0 bridgehead atoms. The van der Waals surface area contributed by atoms with Crippen molar-refractivity contribution in [1.82, 2.24) is 10.6 Å². The summed E-state index contributed by atoms with van der Waals surface area (Å²) in [4.78, 5) is 16.8. The molecule has 0 unspecified atom stereocenters. The minimum atomic E-state index is -0.196. The van der Waals surface area contributed by atoms with E-state index in [1.165, 1.54) is 6.07 Å². The highest BCUT2D eigenvalue weighted by atomic mass is 127. The monoisotopic (exact) mass is 524 g/mol. The molecule has 0 spiro atoms. The Morgan fingerprint density at radius 2 is 1.93 bits per heavy atom. The van der Waals surface area contributed by atoms with Crippen LogP contribution < -0.4 is 16.0 Å². The lowest BCUT2D eigenvalue weighted by Gasteiger charge is -2.24. The van der Waals surface area contributed by atoms with Crippen LogP contribution in [0.5, 0.6) is 0 Å². The van der Waals surface area contributed by atoms with Crippen LogP contribution in [-0.2, 0) is 17.9 Å². The molecule has 2 aromatic rings. The number of halogens is 2. The van der Waals surface area contributed by atoms with Crippen LogP contribution in [0.2, 0.25) is 0 Å². The largest absolute Gasteiger partial charge is 0.357 e. The topological polar surface area (TPSA) is 65.5 Å². The Morgan fingerprint density at radius 3 is 2.60 bits per heavy atom. The van der Waals surface area contributed by atoms with Crippen LogP contribution in [0.3, 0.4) is 0 Å². The van der Waals surface area contributed by atoms with Gasteiger partial charge in [-0.3, -0.25) is 4.79 Å². The highest BCUT2D eigenvalue weighted by molar-refractivity contribution is 14.0. The van der Waals surface area contributed by atoms with Crippen molar-refractivity contribution in [3.8, 4) is 0 Å². The summed E-state index contributed by atoms with van der Waals surface area (Å²) in [6.07, 6.45) is 3.12. The minimum Gasteiger partial charge on any atom is -0.357 e. The molecule has 1 saturated carbocycles. The number of nitrogens with one attached hydrogen (secondary N) is 3. The summed E-state index contributed by atoms with van der Waals surface area (Å²) < 4.78 is 13.4. The molecule has 3 N–H and O–H groups in total. The van der Waals surface area contributed by atoms with Gasteiger partial charge in [-0.1, -0.05) is 30.7 Å². The Hall–Kier alpha value is -2.16. The van der Waals surface area contributed by atoms with Gasteiger partial charge in [0, 0.05) is 24.7 Å². The van der Waals surface area contributed by atoms with E-state index in [0.29, 0.717) is 24.6 Å². The fraction of sp³-hybridized carbons (Fsp3) is 0.391. The molecule has 5 nitrogen and oxygen atoms in total. The SMILES string of the molecule is CCNC(=NCc1cccc(NC(=O)C2CCC2)c1)NCc1ccc(F)c(C)c1.I. The summed E-state index contributed by atoms with van der Waals surface area (Å²) in [5, 5.41) is 9.50. The maximum atomic E-state index is 13.4. The van der Waals surface area contributed by atoms with Crippen LogP contribution in [-0.4, -0.2) is 18.4 Å². The first-order valence-electron chi connectivity index (χ1n) is 10.2. The fourth-order valence-corrected chi connectivity index (χ4v) is 3.18. The van der Waals surface area contributed by atoms with Crippen LogP contribution in [0.1, 0.15) is 42.9 Å². The molecule has 1 amide bonds. The molecule has 1 aliphatic carbocycles. The summed E-state index contributed by atoms with van der Waals surface area (Å²) >= 11 is 0. The average molecular weight is 524 g/mol. The average Bonchev–Trinajstić information content (AvgIpc) is 2.65. The van der Waals surface area contributed by atoms with E-state index in [1.54, 1.807) is 13.0 Å². The molecule has 0 aliphatic heterocycles. The molecule has 0 heterocycles. The second-order valence-electron chi connectivity index (χ2n) is 7.45. The number of anilines is 1. The van der Waals surface area contributed by atoms with Gasteiger partial charge in [-0.2, -0.15) is 0 Å². The van der Waals surface area contributed by atoms with Crippen LogP contribution in [0.15, 0.2) is 47.5 Å². The summed E-state index contributed by atoms with van der Waals surface area (Å²) in [5.41, 5.74) is 3.46. The first-order chi connectivity index (χ1) is 14.0. The van der Waals surface area contributed by atoms with Crippen molar-refractivity contribution in [1.29, 1.82) is 0 Å². The summed E-state index contributed by atoms with van der Waals surface area (Å²) in [5.74, 6) is 0.773. The molecule has 0 radical (unpaired) electrons. The number of aliphatic imine (C=N–C) groups is 1. The third kappa shape index (κ3) is 6.97. The summed E-state index contributed by atoms with van der Waals surface area (Å²) in [7, 11) is 0. The van der Waals surface area contributed by atoms with Gasteiger partial charge in [0.2, 0.25) is 5.91 Å². The van der Waals surface area contributed by atoms with Crippen LogP contribution in [0, 0.1) is 18.7 Å². The lowest BCUT2D eigenvalue weighted by molar-refractivity contribution is -0.122. The standard InChI is InChI=1S/C23H29FN4O.HI/c1-3-25-23(27-15-18-10-11-21(24)16(2)12-18)26-14-17-6-4-9-20(13-17)28-22(29)19-7-5-8-19;/h4,6,9-13,19H,3,5,7-8,14-15H2,1-2H3,(H,28,29)(H2,25,26,27);1H. The van der Waals surface area contributed by atoms with Crippen molar-refractivity contribution in [3.05, 3.63) is 65.0 Å². The zero-order valence-electron chi connectivity index (χ0n) is 17.5. The summed E-state index contributed by atoms with van der Waals surface area (Å²) in [6.45, 7) is 5.56. The van der Waals surface area contributed by atoms with E-state index in [2.05, 4.69) is 20.9 Å². The molecule has 7 heteroatoms. The second kappa shape index (κ2) is 11.9. The number of amides is 1. The Morgan fingerprint density at radius 1 is 1.13 bits per heavy atom. The smallest absolute Gasteiger partial charge is 0.227 e. The normalized spacial score (nSPS) is 13.8. The van der Waals surface area contributed by atoms with Crippen molar-refractivity contribution in [3.63, 3.8) is 0 Å². The third-order valence-corrected chi connectivity index (χ3v) is 5.12. The molecule has 0 atom stereocenters. The number of benzene rings is 2. The Balaban J connectivity index is 0.00000320. The van der Waals surface area contributed by atoms with Gasteiger partial charge in [-0.15, -0.1) is 24.0 Å². The van der Waals surface area contributed by atoms with Gasteiger partial charge >= 0.3 is 0 Å². The lowest BCUT2D eigenvalue weighted by atomic mass is 9.85. The number of hydrogen-bond donors (Lipinski definition) is 3. The molecule has 0 aromatic heterocycles. The zero-order valence-corrected chi connectivity index (χ0v) is 19.8. The molecule has 0 saturated heterocycles. The number of guanidine groups is 1. The van der Waals surface area contributed by atoms with E-state index in [4.69, 9.17) is 0 Å². The molecule has 3 rings (SSSR count). The lowest BCUT2D eigenvalue weighted by Crippen LogP contribution is -2.36. The first-order valence-corrected chi connectivity index (χ1v) is 10.2. The Bertz CT molecular complexity index is 883. The van der Waals surface area contributed by atoms with Gasteiger partial charge in [0.25, 0.3) is 0 Å². The predicted octanol–water partition coefficient (Wildman–Crippen LogP) is 4.75. The van der Waals surface area contributed by atoms with Crippen molar-refractivity contribution >= 4 is 41.5 Å². The Kier molecular flexibility index (Phi) is 9.55. The summed E-state index contributed by atoms with van der Waals surface area (Å²) in [6, 6.07) is 12.9. The van der Waals surface area contributed by atoms with Gasteiger partial charge in [0.15, 0.2) is 5.96 Å². The second-order valence-corrected chi connectivity index (χ2v) is 7.45. The van der Waals surface area contributed by atoms with E-state index in [9.17, 15) is 9.18 Å². The number of hydrogen-bond acceptors (Lipinski definition) is 2. The van der Waals surface area contributed by atoms with Crippen LogP contribution in [0.4, 0.5) is 10.1 Å². The predicted molar refractivity (Wildman–Crippen MR) is 131 cm³/mol. The number of aryl methyl sites for hydroxylation is 1. The zero-order chi connectivity index (χ0) is 20.6. The number of rotatable bonds is 7. The van der Waals surface area contributed by atoms with E-state index in [1.807, 2.05) is 37.3 Å². The van der Waals surface area contributed by atoms with E-state index >= 15 is 0 Å². The molecule has 1 fully saturated rings. The number of nitrogens with zero attached hydrogens (tertiary/aromatic N) is 1. The highest BCUT2D eigenvalue weighted by Gasteiger charge is 2.25. The van der Waals surface area contributed by atoms with Gasteiger partial charge in [0.05, 0.1) is 6.54 Å². The van der Waals surface area contributed by atoms with Crippen LogP contribution in [0.25, 0.3) is 0 Å². The molecular weight excluding hydrogens is 494 g/mol. The van der Waals surface area contributed by atoms with Gasteiger partial charge < -0.3 is 16.0 Å². The Labute approximate surface area is 195 Å². The van der Waals surface area contributed by atoms with Crippen molar-refractivity contribution in [2.24, 2.45) is 10.9 Å². The molecule has 1 aliphatic rings. The van der Waals surface area contributed by atoms with E-state index in [-0.39, 0.29) is 41.6 Å². The number of carbonyl (C=O) groups is 1. The fourth-order valence-electron chi connectivity index (χ4n) is 3.18. The first kappa shape index (κ1) is 24.1. The quantitative estimate of drug-likeness (QED) is 0.279.